The first-order valence-corrected chi connectivity index (χ1v) is 5.05. The maximum Gasteiger partial charge on any atom is 0.322 e. The maximum atomic E-state index is 10.7. The molecule has 94 valence electrons. The van der Waals surface area contributed by atoms with Crippen molar-refractivity contribution >= 4 is 17.8 Å². The van der Waals surface area contributed by atoms with Gasteiger partial charge >= 0.3 is 5.97 Å². The molecule has 6 heteroatoms. The molecule has 6 nitrogen and oxygen atoms in total. The number of carboxylic acid groups (broad SMARTS) is 1. The van der Waals surface area contributed by atoms with Crippen LogP contribution in [0, 0.1) is 0 Å². The second-order valence-electron chi connectivity index (χ2n) is 3.19. The van der Waals surface area contributed by atoms with Gasteiger partial charge in [-0.3, -0.25) is 14.4 Å². The van der Waals surface area contributed by atoms with Crippen LogP contribution in [-0.2, 0) is 14.4 Å². The van der Waals surface area contributed by atoms with E-state index < -0.39 is 11.9 Å². The van der Waals surface area contributed by atoms with Gasteiger partial charge < -0.3 is 15.3 Å². The van der Waals surface area contributed by atoms with E-state index in [0.29, 0.717) is 6.42 Å². The largest absolute Gasteiger partial charge is 0.480 e. The summed E-state index contributed by atoms with van der Waals surface area (Å²) in [5, 5.41) is 10.1. The van der Waals surface area contributed by atoms with Gasteiger partial charge in [0, 0.05) is 13.0 Å². The van der Waals surface area contributed by atoms with Crippen LogP contribution in [0.25, 0.3) is 0 Å². The lowest BCUT2D eigenvalue weighted by Gasteiger charge is -2.05. The molecule has 0 radical (unpaired) electrons. The topological polar surface area (TPSA) is 86.7 Å². The number of hydrogen-bond acceptors (Lipinski definition) is 3. The van der Waals surface area contributed by atoms with Crippen molar-refractivity contribution in [3.63, 3.8) is 0 Å². The predicted octanol–water partition coefficient (Wildman–Crippen LogP) is 0.126. The molecule has 0 saturated carbocycles. The molecule has 0 aromatic heterocycles. The molecule has 1 aliphatic rings. The molecule has 0 bridgehead atoms. The van der Waals surface area contributed by atoms with E-state index in [1.165, 1.54) is 0 Å². The molecule has 0 aliphatic carbocycles. The van der Waals surface area contributed by atoms with E-state index in [1.807, 2.05) is 0 Å². The SMILES string of the molecule is C=CC(=O)NCC(=O)O.C=CN1CCCC1=O. The zero-order chi connectivity index (χ0) is 13.3. The number of carbonyl (C=O) groups is 3. The highest BCUT2D eigenvalue weighted by Crippen LogP contribution is 2.08. The number of nitrogens with zero attached hydrogens (tertiary/aromatic N) is 1. The van der Waals surface area contributed by atoms with Gasteiger partial charge in [-0.15, -0.1) is 0 Å². The van der Waals surface area contributed by atoms with Gasteiger partial charge in [0.25, 0.3) is 0 Å². The van der Waals surface area contributed by atoms with Gasteiger partial charge in [0.05, 0.1) is 0 Å². The summed E-state index contributed by atoms with van der Waals surface area (Å²) in [6.07, 6.45) is 4.30. The van der Waals surface area contributed by atoms with Gasteiger partial charge in [-0.2, -0.15) is 0 Å². The van der Waals surface area contributed by atoms with Crippen LogP contribution in [0.4, 0.5) is 0 Å². The van der Waals surface area contributed by atoms with Crippen LogP contribution in [0.15, 0.2) is 25.4 Å². The molecule has 0 aromatic rings. The predicted molar refractivity (Wildman–Crippen MR) is 62.0 cm³/mol. The maximum absolute atomic E-state index is 10.7. The minimum absolute atomic E-state index is 0.208. The van der Waals surface area contributed by atoms with Crippen molar-refractivity contribution < 1.29 is 19.5 Å². The van der Waals surface area contributed by atoms with Crippen molar-refractivity contribution in [3.05, 3.63) is 25.4 Å². The quantitative estimate of drug-likeness (QED) is 0.683. The van der Waals surface area contributed by atoms with Crippen LogP contribution in [-0.4, -0.2) is 40.9 Å². The van der Waals surface area contributed by atoms with Crippen molar-refractivity contribution in [1.82, 2.24) is 10.2 Å². The van der Waals surface area contributed by atoms with E-state index in [9.17, 15) is 14.4 Å². The van der Waals surface area contributed by atoms with Gasteiger partial charge in [0.1, 0.15) is 6.54 Å². The monoisotopic (exact) mass is 240 g/mol. The number of nitrogens with one attached hydrogen (secondary N) is 1. The first-order valence-electron chi connectivity index (χ1n) is 5.05. The number of amides is 2. The van der Waals surface area contributed by atoms with Crippen molar-refractivity contribution in [2.75, 3.05) is 13.1 Å². The number of carboxylic acids is 1. The van der Waals surface area contributed by atoms with Crippen molar-refractivity contribution in [1.29, 1.82) is 0 Å². The van der Waals surface area contributed by atoms with E-state index in [1.54, 1.807) is 11.1 Å². The smallest absolute Gasteiger partial charge is 0.322 e. The number of likely N-dealkylation sites (tertiary alicyclic amines) is 1. The molecule has 2 amide bonds. The van der Waals surface area contributed by atoms with Crippen molar-refractivity contribution in [3.8, 4) is 0 Å². The number of rotatable bonds is 4. The summed E-state index contributed by atoms with van der Waals surface area (Å²) in [5.41, 5.74) is 0. The Kier molecular flexibility index (Phi) is 7.09. The van der Waals surface area contributed by atoms with Crippen molar-refractivity contribution in [2.24, 2.45) is 0 Å². The number of carbonyl (C=O) groups excluding carboxylic acids is 2. The van der Waals surface area contributed by atoms with Crippen LogP contribution in [0.2, 0.25) is 0 Å². The van der Waals surface area contributed by atoms with Gasteiger partial charge in [-0.1, -0.05) is 13.2 Å². The Morgan fingerprint density at radius 1 is 1.47 bits per heavy atom. The Hall–Kier alpha value is -2.11. The molecule has 17 heavy (non-hydrogen) atoms. The number of aliphatic carboxylic acids is 1. The molecular weight excluding hydrogens is 224 g/mol. The summed E-state index contributed by atoms with van der Waals surface area (Å²) < 4.78 is 0. The molecule has 0 atom stereocenters. The lowest BCUT2D eigenvalue weighted by atomic mass is 10.4. The average Bonchev–Trinajstić information content (AvgIpc) is 2.72. The summed E-state index contributed by atoms with van der Waals surface area (Å²) in [5.74, 6) is -1.33. The second-order valence-corrected chi connectivity index (χ2v) is 3.19. The van der Waals surface area contributed by atoms with Crippen molar-refractivity contribution in [2.45, 2.75) is 12.8 Å². The highest BCUT2D eigenvalue weighted by atomic mass is 16.4. The summed E-state index contributed by atoms with van der Waals surface area (Å²) in [6, 6.07) is 0. The molecule has 0 unspecified atom stereocenters. The lowest BCUT2D eigenvalue weighted by Crippen LogP contribution is -2.27. The van der Waals surface area contributed by atoms with E-state index in [2.05, 4.69) is 18.5 Å². The molecule has 0 aromatic carbocycles. The fraction of sp³-hybridized carbons (Fsp3) is 0.364. The number of hydrogen-bond donors (Lipinski definition) is 2. The fourth-order valence-corrected chi connectivity index (χ4v) is 1.10. The van der Waals surface area contributed by atoms with Gasteiger partial charge in [-0.05, 0) is 18.7 Å². The van der Waals surface area contributed by atoms with E-state index >= 15 is 0 Å². The molecule has 1 saturated heterocycles. The molecule has 0 spiro atoms. The minimum Gasteiger partial charge on any atom is -0.480 e. The Morgan fingerprint density at radius 3 is 2.41 bits per heavy atom. The van der Waals surface area contributed by atoms with Crippen LogP contribution in [0.3, 0.4) is 0 Å². The highest BCUT2D eigenvalue weighted by molar-refractivity contribution is 5.89. The first-order chi connectivity index (χ1) is 8.01. The standard InChI is InChI=1S/C6H9NO.C5H7NO3/c1-2-7-5-3-4-6(7)8;1-2-4(7)6-3-5(8)9/h2H,1,3-5H2;2H,1,3H2,(H,6,7)(H,8,9). The molecule has 2 N–H and O–H groups in total. The third kappa shape index (κ3) is 6.88. The Balaban J connectivity index is 0.000000302. The van der Waals surface area contributed by atoms with Gasteiger partial charge in [0.2, 0.25) is 11.8 Å². The van der Waals surface area contributed by atoms with Gasteiger partial charge in [0.15, 0.2) is 0 Å². The zero-order valence-corrected chi connectivity index (χ0v) is 9.52. The first kappa shape index (κ1) is 14.9. The lowest BCUT2D eigenvalue weighted by molar-refractivity contribution is -0.137. The van der Waals surface area contributed by atoms with Gasteiger partial charge in [-0.25, -0.2) is 0 Å². The summed E-state index contributed by atoms with van der Waals surface area (Å²) >= 11 is 0. The van der Waals surface area contributed by atoms with E-state index in [4.69, 9.17) is 5.11 Å². The third-order valence-electron chi connectivity index (χ3n) is 1.93. The Labute approximate surface area is 99.6 Å². The Bertz CT molecular complexity index is 325. The summed E-state index contributed by atoms with van der Waals surface area (Å²) in [7, 11) is 0. The summed E-state index contributed by atoms with van der Waals surface area (Å²) in [6.45, 7) is 7.14. The third-order valence-corrected chi connectivity index (χ3v) is 1.93. The van der Waals surface area contributed by atoms with Crippen LogP contribution < -0.4 is 5.32 Å². The molecule has 1 aliphatic heterocycles. The summed E-state index contributed by atoms with van der Waals surface area (Å²) in [4.78, 5) is 32.3. The Morgan fingerprint density at radius 2 is 2.12 bits per heavy atom. The second kappa shape index (κ2) is 8.09. The van der Waals surface area contributed by atoms with Crippen LogP contribution >= 0.6 is 0 Å². The molecule has 1 heterocycles. The zero-order valence-electron chi connectivity index (χ0n) is 9.52. The molecular formula is C11H16N2O4. The average molecular weight is 240 g/mol. The minimum atomic E-state index is -1.06. The van der Waals surface area contributed by atoms with Crippen LogP contribution in [0.1, 0.15) is 12.8 Å². The molecule has 1 fully saturated rings. The van der Waals surface area contributed by atoms with E-state index in [-0.39, 0.29) is 12.5 Å². The van der Waals surface area contributed by atoms with Crippen LogP contribution in [0.5, 0.6) is 0 Å². The van der Waals surface area contributed by atoms with E-state index in [0.717, 1.165) is 19.0 Å². The highest BCUT2D eigenvalue weighted by Gasteiger charge is 2.15. The molecule has 1 rings (SSSR count). The normalized spacial score (nSPS) is 13.4. The fourth-order valence-electron chi connectivity index (χ4n) is 1.10.